The Bertz CT molecular complexity index is 1110. The summed E-state index contributed by atoms with van der Waals surface area (Å²) in [4.78, 5) is 17.9. The fourth-order valence-corrected chi connectivity index (χ4v) is 5.10. The Labute approximate surface area is 166 Å². The number of halogens is 1. The van der Waals surface area contributed by atoms with Crippen molar-refractivity contribution < 1.29 is 8.60 Å². The molecule has 3 aliphatic carbocycles. The third-order valence-corrected chi connectivity index (χ3v) is 7.39. The Morgan fingerprint density at radius 3 is 2.43 bits per heavy atom. The first-order valence-electron chi connectivity index (χ1n) is 9.54. The zero-order chi connectivity index (χ0) is 20.6. The van der Waals surface area contributed by atoms with Crippen molar-refractivity contribution in [2.24, 2.45) is 11.4 Å². The molecule has 0 aliphatic heterocycles. The molecule has 3 fully saturated rings. The molecule has 1 heterocycles. The van der Waals surface area contributed by atoms with Crippen LogP contribution in [0.1, 0.15) is 63.9 Å². The normalized spacial score (nSPS) is 28.0. The van der Waals surface area contributed by atoms with Gasteiger partial charge in [0.2, 0.25) is 0 Å². The molecule has 5 rings (SSSR count). The van der Waals surface area contributed by atoms with E-state index < -0.39 is 21.4 Å². The van der Waals surface area contributed by atoms with Crippen molar-refractivity contribution in [2.45, 2.75) is 69.7 Å². The van der Waals surface area contributed by atoms with Gasteiger partial charge in [0, 0.05) is 18.0 Å². The number of alkyl halides is 1. The average Bonchev–Trinajstić information content (AvgIpc) is 2.53. The minimum absolute atomic E-state index is 0.132. The molecule has 0 radical (unpaired) electrons. The van der Waals surface area contributed by atoms with Crippen molar-refractivity contribution in [1.29, 1.82) is 0 Å². The summed E-state index contributed by atoms with van der Waals surface area (Å²) in [5.74, 6) is 0.652. The van der Waals surface area contributed by atoms with Crippen LogP contribution in [-0.2, 0) is 23.4 Å². The maximum absolute atomic E-state index is 14.1. The van der Waals surface area contributed by atoms with E-state index in [1.54, 1.807) is 18.5 Å². The zero-order valence-electron chi connectivity index (χ0n) is 17.2. The third-order valence-electron chi connectivity index (χ3n) is 5.90. The van der Waals surface area contributed by atoms with Crippen LogP contribution in [0.15, 0.2) is 21.3 Å². The van der Waals surface area contributed by atoms with Crippen molar-refractivity contribution >= 4 is 27.6 Å². The van der Waals surface area contributed by atoms with Crippen LogP contribution in [0.2, 0.25) is 0 Å². The van der Waals surface area contributed by atoms with Gasteiger partial charge in [-0.2, -0.15) is 4.40 Å². The maximum Gasteiger partial charge on any atom is 0.261 e. The van der Waals surface area contributed by atoms with E-state index in [0.717, 1.165) is 5.56 Å². The summed E-state index contributed by atoms with van der Waals surface area (Å²) >= 11 is 0. The molecule has 0 amide bonds. The summed E-state index contributed by atoms with van der Waals surface area (Å²) in [6, 6.07) is 3.75. The van der Waals surface area contributed by atoms with Crippen LogP contribution in [0.5, 0.6) is 0 Å². The second-order valence-corrected chi connectivity index (χ2v) is 11.4. The van der Waals surface area contributed by atoms with E-state index in [2.05, 4.69) is 4.40 Å². The van der Waals surface area contributed by atoms with Gasteiger partial charge in [-0.05, 0) is 71.6 Å². The van der Waals surface area contributed by atoms with Crippen LogP contribution in [0.4, 0.5) is 4.39 Å². The predicted octanol–water partition coefficient (Wildman–Crippen LogP) is 3.66. The number of aromatic nitrogens is 2. The highest BCUT2D eigenvalue weighted by molar-refractivity contribution is 7.85. The second-order valence-electron chi connectivity index (χ2n) is 9.51. The van der Waals surface area contributed by atoms with Crippen molar-refractivity contribution in [2.75, 3.05) is 0 Å². The number of fused-ring (bicyclic) bond motifs is 1. The van der Waals surface area contributed by atoms with Crippen LogP contribution in [0.25, 0.3) is 10.9 Å². The topological polar surface area (TPSA) is 64.3 Å². The summed E-state index contributed by atoms with van der Waals surface area (Å²) in [7, 11) is 0.305. The molecular weight excluding hydrogens is 377 g/mol. The zero-order valence-corrected chi connectivity index (χ0v) is 18.0. The summed E-state index contributed by atoms with van der Waals surface area (Å²) in [6.07, 6.45) is 1.32. The molecule has 0 unspecified atom stereocenters. The fourth-order valence-electron chi connectivity index (χ4n) is 4.48. The summed E-state index contributed by atoms with van der Waals surface area (Å²) < 4.78 is 32.1. The summed E-state index contributed by atoms with van der Waals surface area (Å²) in [5, 5.41) is 0.513. The highest BCUT2D eigenvalue weighted by Gasteiger charge is 2.71. The molecule has 2 aromatic rings. The Morgan fingerprint density at radius 1 is 1.29 bits per heavy atom. The van der Waals surface area contributed by atoms with Gasteiger partial charge in [0.05, 0.1) is 21.4 Å². The lowest BCUT2D eigenvalue weighted by molar-refractivity contribution is -0.163. The molecule has 3 aliphatic rings. The standard InChI is InChI=1S/C21H26FN3O2S/c1-12-7-14(13(2)24-28(27)19(3,4)5)16-15(8-12)17(26)25(6)18(23-16)20-9-21(22,10-20)11-20/h7-8H,9-11H2,1-6H3/b24-13-/t20?,21?,28-/m1/s1. The van der Waals surface area contributed by atoms with E-state index in [1.807, 2.05) is 39.8 Å². The number of rotatable bonds is 3. The van der Waals surface area contributed by atoms with Gasteiger partial charge in [-0.15, -0.1) is 0 Å². The molecule has 0 N–H and O–H groups in total. The molecular formula is C21H26FN3O2S. The largest absolute Gasteiger partial charge is 0.299 e. The number of nitrogens with zero attached hydrogens (tertiary/aromatic N) is 3. The molecule has 7 heteroatoms. The quantitative estimate of drug-likeness (QED) is 0.735. The SMILES string of the molecule is C/C(=N/[S@](=O)C(C)(C)C)c1cc(C)cc2c(=O)n(C)c(C34CC(F)(C3)C4)nc12. The third kappa shape index (κ3) is 2.78. The van der Waals surface area contributed by atoms with Gasteiger partial charge < -0.3 is 0 Å². The van der Waals surface area contributed by atoms with Gasteiger partial charge in [-0.3, -0.25) is 9.36 Å². The minimum Gasteiger partial charge on any atom is -0.299 e. The number of hydrogen-bond acceptors (Lipinski definition) is 3. The van der Waals surface area contributed by atoms with Gasteiger partial charge in [0.25, 0.3) is 5.56 Å². The van der Waals surface area contributed by atoms with Crippen LogP contribution >= 0.6 is 0 Å². The Morgan fingerprint density at radius 2 is 1.89 bits per heavy atom. The monoisotopic (exact) mass is 403 g/mol. The highest BCUT2D eigenvalue weighted by atomic mass is 32.2. The van der Waals surface area contributed by atoms with Crippen molar-refractivity contribution in [1.82, 2.24) is 9.55 Å². The fraction of sp³-hybridized carbons (Fsp3) is 0.571. The smallest absolute Gasteiger partial charge is 0.261 e. The van der Waals surface area contributed by atoms with Gasteiger partial charge in [0.1, 0.15) is 22.5 Å². The van der Waals surface area contributed by atoms with Crippen LogP contribution in [0, 0.1) is 6.92 Å². The lowest BCUT2D eigenvalue weighted by Crippen LogP contribution is -2.68. The highest BCUT2D eigenvalue weighted by Crippen LogP contribution is 2.69. The summed E-state index contributed by atoms with van der Waals surface area (Å²) in [5.41, 5.74) is 1.27. The molecule has 3 saturated carbocycles. The maximum atomic E-state index is 14.1. The Balaban J connectivity index is 1.92. The van der Waals surface area contributed by atoms with E-state index in [9.17, 15) is 13.4 Å². The van der Waals surface area contributed by atoms with Crippen molar-refractivity contribution in [3.63, 3.8) is 0 Å². The first-order chi connectivity index (χ1) is 12.9. The molecule has 1 aromatic heterocycles. The van der Waals surface area contributed by atoms with Crippen LogP contribution in [0.3, 0.4) is 0 Å². The molecule has 0 spiro atoms. The Kier molecular flexibility index (Phi) is 4.03. The number of benzene rings is 1. The van der Waals surface area contributed by atoms with Gasteiger partial charge >= 0.3 is 0 Å². The van der Waals surface area contributed by atoms with Gasteiger partial charge in [-0.1, -0.05) is 0 Å². The first kappa shape index (κ1) is 19.4. The predicted molar refractivity (Wildman–Crippen MR) is 111 cm³/mol. The van der Waals surface area contributed by atoms with E-state index >= 15 is 0 Å². The molecule has 0 saturated heterocycles. The van der Waals surface area contributed by atoms with Crippen molar-refractivity contribution in [3.8, 4) is 0 Å². The Hall–Kier alpha value is -1.89. The van der Waals surface area contributed by atoms with E-state index in [4.69, 9.17) is 4.98 Å². The van der Waals surface area contributed by atoms with Gasteiger partial charge in [0.15, 0.2) is 0 Å². The first-order valence-corrected chi connectivity index (χ1v) is 10.6. The number of aryl methyl sites for hydroxylation is 1. The van der Waals surface area contributed by atoms with Crippen LogP contribution in [-0.4, -0.2) is 29.9 Å². The molecule has 5 nitrogen and oxygen atoms in total. The molecule has 1 atom stereocenters. The lowest BCUT2D eigenvalue weighted by atomic mass is 9.42. The molecule has 1 aromatic carbocycles. The minimum atomic E-state index is -1.41. The molecule has 150 valence electrons. The van der Waals surface area contributed by atoms with Gasteiger partial charge in [-0.25, -0.2) is 13.6 Å². The number of hydrogen-bond donors (Lipinski definition) is 0. The average molecular weight is 404 g/mol. The van der Waals surface area contributed by atoms with Crippen LogP contribution < -0.4 is 5.56 Å². The van der Waals surface area contributed by atoms with Crippen molar-refractivity contribution in [3.05, 3.63) is 39.4 Å². The van der Waals surface area contributed by atoms with E-state index in [0.29, 0.717) is 47.3 Å². The summed E-state index contributed by atoms with van der Waals surface area (Å²) in [6.45, 7) is 9.33. The van der Waals surface area contributed by atoms with E-state index in [-0.39, 0.29) is 11.0 Å². The lowest BCUT2D eigenvalue weighted by Gasteiger charge is -2.65. The molecule has 2 bridgehead atoms. The molecule has 28 heavy (non-hydrogen) atoms. The van der Waals surface area contributed by atoms with E-state index in [1.165, 1.54) is 0 Å². The second kappa shape index (κ2) is 5.81.